The van der Waals surface area contributed by atoms with E-state index in [2.05, 4.69) is 31.9 Å². The summed E-state index contributed by atoms with van der Waals surface area (Å²) in [6.07, 6.45) is -5.12. The van der Waals surface area contributed by atoms with Crippen molar-refractivity contribution < 1.29 is 69.6 Å². The van der Waals surface area contributed by atoms with Crippen LogP contribution in [0.5, 0.6) is 0 Å². The van der Waals surface area contributed by atoms with E-state index in [0.717, 1.165) is 0 Å². The Kier molecular flexibility index (Phi) is 24.9. The van der Waals surface area contributed by atoms with Gasteiger partial charge in [0, 0.05) is 33.3 Å². The second-order valence-corrected chi connectivity index (χ2v) is 19.1. The van der Waals surface area contributed by atoms with Gasteiger partial charge in [-0.25, -0.2) is 0 Å². The van der Waals surface area contributed by atoms with Gasteiger partial charge in [0.2, 0.25) is 11.8 Å². The number of aliphatic hydroxyl groups is 8. The molecule has 27 heteroatoms. The highest BCUT2D eigenvalue weighted by Gasteiger charge is 2.31. The average Bonchev–Trinajstić information content (AvgIpc) is 3.19. The molecule has 0 bridgehead atoms. The Hall–Kier alpha value is -0.720. The van der Waals surface area contributed by atoms with Crippen LogP contribution in [-0.4, -0.2) is 178 Å². The van der Waals surface area contributed by atoms with E-state index in [1.54, 1.807) is 45.2 Å². The first-order chi connectivity index (χ1) is 28.1. The second kappa shape index (κ2) is 26.9. The Balaban J connectivity index is 2.46. The van der Waals surface area contributed by atoms with Crippen LogP contribution in [0.1, 0.15) is 41.4 Å². The zero-order chi connectivity index (χ0) is 45.6. The first-order valence-electron chi connectivity index (χ1n) is 17.1. The summed E-state index contributed by atoms with van der Waals surface area (Å²) in [5, 5.41) is 91.2. The van der Waals surface area contributed by atoms with E-state index in [9.17, 15) is 69.6 Å². The molecule has 2 aromatic rings. The van der Waals surface area contributed by atoms with Gasteiger partial charge >= 0.3 is 0 Å². The van der Waals surface area contributed by atoms with Crippen molar-refractivity contribution in [1.82, 2.24) is 26.2 Å². The van der Waals surface area contributed by atoms with Crippen molar-refractivity contribution in [1.29, 1.82) is 0 Å². The molecule has 0 aromatic heterocycles. The van der Waals surface area contributed by atoms with Gasteiger partial charge in [-0.05, 0) is 143 Å². The summed E-state index contributed by atoms with van der Waals surface area (Å²) >= 11 is 10.8. The van der Waals surface area contributed by atoms with Gasteiger partial charge in [-0.15, -0.1) is 0 Å². The smallest absolute Gasteiger partial charge is 0.253 e. The van der Waals surface area contributed by atoms with Gasteiger partial charge in [0.25, 0.3) is 23.6 Å². The van der Waals surface area contributed by atoms with Gasteiger partial charge in [0.1, 0.15) is 0 Å². The highest BCUT2D eigenvalue weighted by molar-refractivity contribution is 14.1. The molecule has 334 valence electrons. The summed E-state index contributed by atoms with van der Waals surface area (Å²) < 4.78 is 1.14. The molecule has 60 heavy (non-hydrogen) atoms. The van der Waals surface area contributed by atoms with Crippen LogP contribution in [0, 0.1) is 21.4 Å². The SMILES string of the molecule is CN(CC(=O)Nc1c(I)c(C(=O)NCC(O)CO)c(I)c(C(=O)NCC(O)CO)c1I)CC(=O)Nc1c(I)c(C(=O)NCC(O)CO)c(I)c(C(=O)NCC(O)CO)c1I. The topological polar surface area (TPSA) is 340 Å². The predicted octanol–water partition coefficient (Wildman–Crippen LogP) is -1.84. The number of rotatable bonds is 22. The third-order valence-corrected chi connectivity index (χ3v) is 14.2. The summed E-state index contributed by atoms with van der Waals surface area (Å²) in [6, 6.07) is 0. The highest BCUT2D eigenvalue weighted by Crippen LogP contribution is 2.37. The Morgan fingerprint density at radius 1 is 0.450 bits per heavy atom. The first-order valence-corrected chi connectivity index (χ1v) is 23.6. The van der Waals surface area contributed by atoms with Crippen molar-refractivity contribution >= 4 is 182 Å². The van der Waals surface area contributed by atoms with Gasteiger partial charge in [-0.3, -0.25) is 33.7 Å². The van der Waals surface area contributed by atoms with Crippen LogP contribution in [0.15, 0.2) is 0 Å². The van der Waals surface area contributed by atoms with Gasteiger partial charge in [0.15, 0.2) is 0 Å². The number of carbonyl (C=O) groups is 6. The summed E-state index contributed by atoms with van der Waals surface area (Å²) in [7, 11) is 1.44. The maximum atomic E-state index is 13.5. The van der Waals surface area contributed by atoms with Crippen LogP contribution in [0.3, 0.4) is 0 Å². The summed E-state index contributed by atoms with van der Waals surface area (Å²) in [4.78, 5) is 81.7. The molecule has 2 aromatic carbocycles. The van der Waals surface area contributed by atoms with E-state index in [0.29, 0.717) is 0 Å². The Morgan fingerprint density at radius 2 is 0.667 bits per heavy atom. The minimum absolute atomic E-state index is 0.0466. The molecule has 0 saturated carbocycles. The fourth-order valence-electron chi connectivity index (χ4n) is 4.70. The molecular weight excluding hydrogens is 1480 g/mol. The number of nitrogens with zero attached hydrogens (tertiary/aromatic N) is 1. The van der Waals surface area contributed by atoms with Crippen LogP contribution in [-0.2, 0) is 9.59 Å². The minimum atomic E-state index is -1.28. The molecule has 0 spiro atoms. The molecule has 0 saturated heterocycles. The summed E-state index contributed by atoms with van der Waals surface area (Å²) in [5.74, 6) is -4.34. The first kappa shape index (κ1) is 55.4. The van der Waals surface area contributed by atoms with E-state index in [-0.39, 0.29) is 81.2 Å². The monoisotopic (exact) mass is 1520 g/mol. The summed E-state index contributed by atoms with van der Waals surface area (Å²) in [5.41, 5.74) is -0.0795. The van der Waals surface area contributed by atoms with Gasteiger partial charge < -0.3 is 72.8 Å². The maximum absolute atomic E-state index is 13.5. The second-order valence-electron chi connectivity index (χ2n) is 12.6. The van der Waals surface area contributed by atoms with Gasteiger partial charge in [-0.2, -0.15) is 0 Å². The fourth-order valence-corrected chi connectivity index (χ4v) is 13.5. The van der Waals surface area contributed by atoms with Crippen LogP contribution < -0.4 is 31.9 Å². The summed E-state index contributed by atoms with van der Waals surface area (Å²) in [6.45, 7) is -4.70. The molecule has 21 nitrogen and oxygen atoms in total. The number of hydrogen-bond donors (Lipinski definition) is 14. The lowest BCUT2D eigenvalue weighted by atomic mass is 10.1. The van der Waals surface area contributed by atoms with Crippen molar-refractivity contribution in [3.63, 3.8) is 0 Å². The van der Waals surface area contributed by atoms with Crippen LogP contribution in [0.2, 0.25) is 0 Å². The van der Waals surface area contributed by atoms with Crippen LogP contribution in [0.25, 0.3) is 0 Å². The lowest BCUT2D eigenvalue weighted by Crippen LogP contribution is -2.39. The number of anilines is 2. The van der Waals surface area contributed by atoms with Crippen molar-refractivity contribution in [2.75, 3.05) is 83.4 Å². The van der Waals surface area contributed by atoms with Crippen molar-refractivity contribution in [2.45, 2.75) is 24.4 Å². The van der Waals surface area contributed by atoms with E-state index in [4.69, 9.17) is 0 Å². The normalized spacial score (nSPS) is 13.2. The van der Waals surface area contributed by atoms with Gasteiger partial charge in [-0.1, -0.05) is 0 Å². The quantitative estimate of drug-likeness (QED) is 0.0576. The van der Waals surface area contributed by atoms with E-state index in [1.165, 1.54) is 11.9 Å². The fraction of sp³-hybridized carbons (Fsp3) is 0.455. The number of benzene rings is 2. The third-order valence-electron chi connectivity index (χ3n) is 7.73. The van der Waals surface area contributed by atoms with Crippen LogP contribution >= 0.6 is 136 Å². The highest BCUT2D eigenvalue weighted by atomic mass is 127. The number of hydrogen-bond acceptors (Lipinski definition) is 15. The molecular formula is C33H41I6N7O14. The molecule has 0 fully saturated rings. The van der Waals surface area contributed by atoms with E-state index >= 15 is 0 Å². The zero-order valence-corrected chi connectivity index (χ0v) is 44.1. The molecule has 14 N–H and O–H groups in total. The molecule has 4 atom stereocenters. The molecule has 0 heterocycles. The number of amides is 6. The standard InChI is InChI=1S/C33H41I6N7O14/c1-46(6-16(55)44-28-24(36)18(30(57)40-2-12(51)8-47)22(34)19(25(28)37)31(58)41-3-13(52)9-48)7-17(56)45-29-26(38)20(32(59)42-4-14(53)10-49)23(35)21(27(29)39)33(60)43-5-15(54)11-50/h12-15,47-54H,2-11H2,1H3,(H,40,57)(H,41,58)(H,42,59)(H,43,60)(H,44,55)(H,45,56). The zero-order valence-electron chi connectivity index (χ0n) is 31.1. The molecule has 0 aliphatic heterocycles. The Labute approximate surface area is 424 Å². The van der Waals surface area contributed by atoms with Crippen molar-refractivity contribution in [3.8, 4) is 0 Å². The number of nitrogens with one attached hydrogen (secondary N) is 6. The van der Waals surface area contributed by atoms with Crippen molar-refractivity contribution in [2.24, 2.45) is 0 Å². The van der Waals surface area contributed by atoms with E-state index < -0.39 is 99.4 Å². The third kappa shape index (κ3) is 15.8. The molecule has 0 radical (unpaired) electrons. The number of aliphatic hydroxyl groups excluding tert-OH is 8. The number of carbonyl (C=O) groups excluding carboxylic acids is 6. The largest absolute Gasteiger partial charge is 0.394 e. The molecule has 4 unspecified atom stereocenters. The Bertz CT molecular complexity index is 1690. The lowest BCUT2D eigenvalue weighted by Gasteiger charge is -2.22. The number of halogens is 6. The van der Waals surface area contributed by atoms with Crippen LogP contribution in [0.4, 0.5) is 11.4 Å². The Morgan fingerprint density at radius 3 is 0.867 bits per heavy atom. The molecule has 2 rings (SSSR count). The minimum Gasteiger partial charge on any atom is -0.394 e. The van der Waals surface area contributed by atoms with E-state index in [1.807, 2.05) is 90.4 Å². The lowest BCUT2D eigenvalue weighted by molar-refractivity contribution is -0.119. The van der Waals surface area contributed by atoms with Gasteiger partial charge in [0.05, 0.1) is 112 Å². The number of likely N-dealkylation sites (N-methyl/N-ethyl adjacent to an activating group) is 1. The molecule has 0 aliphatic rings. The maximum Gasteiger partial charge on any atom is 0.253 e. The average molecular weight is 1520 g/mol. The predicted molar refractivity (Wildman–Crippen MR) is 266 cm³/mol. The van der Waals surface area contributed by atoms with Crippen molar-refractivity contribution in [3.05, 3.63) is 43.7 Å². The molecule has 0 aliphatic carbocycles. The molecule has 6 amide bonds.